The van der Waals surface area contributed by atoms with Gasteiger partial charge in [0.05, 0.1) is 6.54 Å². The molecule has 0 saturated heterocycles. The molecule has 2 aromatic carbocycles. The van der Waals surface area contributed by atoms with Gasteiger partial charge in [-0.1, -0.05) is 44.2 Å². The molecule has 0 unspecified atom stereocenters. The summed E-state index contributed by atoms with van der Waals surface area (Å²) in [6.45, 7) is 9.92. The summed E-state index contributed by atoms with van der Waals surface area (Å²) in [6.07, 6.45) is 0. The summed E-state index contributed by atoms with van der Waals surface area (Å²) in [5, 5.41) is 2.90. The molecule has 0 bridgehead atoms. The summed E-state index contributed by atoms with van der Waals surface area (Å²) in [7, 11) is 1.61. The van der Waals surface area contributed by atoms with Crippen LogP contribution in [0.15, 0.2) is 36.4 Å². The molecule has 5 nitrogen and oxygen atoms in total. The van der Waals surface area contributed by atoms with Crippen LogP contribution in [0.5, 0.6) is 5.75 Å². The molecule has 0 saturated carbocycles. The first-order valence-electron chi connectivity index (χ1n) is 9.52. The van der Waals surface area contributed by atoms with Gasteiger partial charge < -0.3 is 15.0 Å². The molecule has 0 radical (unpaired) electrons. The van der Waals surface area contributed by atoms with Crippen molar-refractivity contribution in [2.75, 3.05) is 25.5 Å². The lowest BCUT2D eigenvalue weighted by Crippen LogP contribution is -2.37. The van der Waals surface area contributed by atoms with Crippen molar-refractivity contribution in [2.45, 2.75) is 40.5 Å². The fourth-order valence-corrected chi connectivity index (χ4v) is 2.99. The van der Waals surface area contributed by atoms with Crippen LogP contribution in [-0.2, 0) is 9.59 Å². The molecule has 2 aromatic rings. The third kappa shape index (κ3) is 5.59. The zero-order chi connectivity index (χ0) is 20.8. The van der Waals surface area contributed by atoms with Gasteiger partial charge in [0.25, 0.3) is 5.91 Å². The number of ether oxygens (including phenoxy) is 1. The minimum atomic E-state index is -0.243. The van der Waals surface area contributed by atoms with Crippen LogP contribution in [0.1, 0.15) is 42.0 Å². The zero-order valence-electron chi connectivity index (χ0n) is 17.6. The van der Waals surface area contributed by atoms with Gasteiger partial charge in [-0.15, -0.1) is 0 Å². The summed E-state index contributed by atoms with van der Waals surface area (Å²) in [5.41, 5.74) is 4.92. The van der Waals surface area contributed by atoms with Gasteiger partial charge in [-0.2, -0.15) is 0 Å². The first-order chi connectivity index (χ1) is 13.2. The lowest BCUT2D eigenvalue weighted by atomic mass is 10.0. The van der Waals surface area contributed by atoms with Crippen molar-refractivity contribution >= 4 is 17.5 Å². The topological polar surface area (TPSA) is 58.6 Å². The van der Waals surface area contributed by atoms with Crippen LogP contribution in [0.3, 0.4) is 0 Å². The van der Waals surface area contributed by atoms with Crippen LogP contribution < -0.4 is 10.1 Å². The van der Waals surface area contributed by atoms with Crippen molar-refractivity contribution in [1.29, 1.82) is 0 Å². The van der Waals surface area contributed by atoms with E-state index < -0.39 is 0 Å². The van der Waals surface area contributed by atoms with Crippen molar-refractivity contribution in [1.82, 2.24) is 4.90 Å². The van der Waals surface area contributed by atoms with E-state index >= 15 is 0 Å². The number of anilines is 1. The van der Waals surface area contributed by atoms with E-state index in [-0.39, 0.29) is 25.0 Å². The Hall–Kier alpha value is -2.82. The number of hydrogen-bond acceptors (Lipinski definition) is 3. The standard InChI is InChI=1S/C23H30N2O3/c1-15(2)19-11-10-16(3)12-20(19)28-14-22(27)25(6)13-21(26)24-23-17(4)8-7-9-18(23)5/h7-12,15H,13-14H2,1-6H3,(H,24,26). The van der Waals surface area contributed by atoms with E-state index in [1.54, 1.807) is 7.05 Å². The van der Waals surface area contributed by atoms with E-state index in [1.165, 1.54) is 4.90 Å². The number of amides is 2. The van der Waals surface area contributed by atoms with Gasteiger partial charge in [0.15, 0.2) is 6.61 Å². The maximum Gasteiger partial charge on any atom is 0.260 e. The monoisotopic (exact) mass is 382 g/mol. The van der Waals surface area contributed by atoms with E-state index in [1.807, 2.05) is 57.2 Å². The van der Waals surface area contributed by atoms with Crippen LogP contribution in [0.25, 0.3) is 0 Å². The van der Waals surface area contributed by atoms with Crippen LogP contribution >= 0.6 is 0 Å². The molecule has 0 fully saturated rings. The van der Waals surface area contributed by atoms with Crippen molar-refractivity contribution in [3.63, 3.8) is 0 Å². The largest absolute Gasteiger partial charge is 0.483 e. The lowest BCUT2D eigenvalue weighted by molar-refractivity contribution is -0.135. The van der Waals surface area contributed by atoms with Crippen molar-refractivity contribution in [2.24, 2.45) is 0 Å². The predicted octanol–water partition coefficient (Wildman–Crippen LogP) is 4.21. The molecule has 28 heavy (non-hydrogen) atoms. The average Bonchev–Trinajstić information content (AvgIpc) is 2.62. The second kappa shape index (κ2) is 9.40. The minimum Gasteiger partial charge on any atom is -0.483 e. The highest BCUT2D eigenvalue weighted by molar-refractivity contribution is 5.95. The van der Waals surface area contributed by atoms with Gasteiger partial charge in [-0.25, -0.2) is 0 Å². The number of rotatable bonds is 7. The fourth-order valence-electron chi connectivity index (χ4n) is 2.99. The maximum absolute atomic E-state index is 12.4. The molecule has 0 aliphatic rings. The summed E-state index contributed by atoms with van der Waals surface area (Å²) in [5.74, 6) is 0.544. The smallest absolute Gasteiger partial charge is 0.260 e. The number of aryl methyl sites for hydroxylation is 3. The van der Waals surface area contributed by atoms with Gasteiger partial charge in [0.2, 0.25) is 5.91 Å². The Kier molecular flexibility index (Phi) is 7.21. The van der Waals surface area contributed by atoms with E-state index in [0.29, 0.717) is 5.92 Å². The highest BCUT2D eigenvalue weighted by atomic mass is 16.5. The molecular weight excluding hydrogens is 352 g/mol. The second-order valence-corrected chi connectivity index (χ2v) is 7.55. The Morgan fingerprint density at radius 3 is 2.32 bits per heavy atom. The van der Waals surface area contributed by atoms with Gasteiger partial charge >= 0.3 is 0 Å². The number of para-hydroxylation sites is 1. The Morgan fingerprint density at radius 1 is 1.07 bits per heavy atom. The summed E-state index contributed by atoms with van der Waals surface area (Å²) in [6, 6.07) is 11.8. The Morgan fingerprint density at radius 2 is 1.71 bits per heavy atom. The lowest BCUT2D eigenvalue weighted by Gasteiger charge is -2.19. The number of nitrogens with zero attached hydrogens (tertiary/aromatic N) is 1. The van der Waals surface area contributed by atoms with Crippen LogP contribution in [0, 0.1) is 20.8 Å². The van der Waals surface area contributed by atoms with Crippen LogP contribution in [0.4, 0.5) is 5.69 Å². The van der Waals surface area contributed by atoms with Crippen molar-refractivity contribution < 1.29 is 14.3 Å². The molecule has 2 amide bonds. The summed E-state index contributed by atoms with van der Waals surface area (Å²) in [4.78, 5) is 26.2. The Labute approximate surface area is 167 Å². The summed E-state index contributed by atoms with van der Waals surface area (Å²) >= 11 is 0. The normalized spacial score (nSPS) is 10.7. The molecule has 0 aliphatic heterocycles. The molecule has 0 atom stereocenters. The van der Waals surface area contributed by atoms with Crippen molar-refractivity contribution in [3.05, 3.63) is 58.7 Å². The molecule has 0 heterocycles. The first-order valence-corrected chi connectivity index (χ1v) is 9.52. The van der Waals surface area contributed by atoms with E-state index in [0.717, 1.165) is 33.7 Å². The summed E-state index contributed by atoms with van der Waals surface area (Å²) < 4.78 is 5.78. The average molecular weight is 383 g/mol. The molecular formula is C23H30N2O3. The Bertz CT molecular complexity index is 839. The van der Waals surface area contributed by atoms with E-state index in [4.69, 9.17) is 4.74 Å². The number of likely N-dealkylation sites (N-methyl/N-ethyl adjacent to an activating group) is 1. The molecule has 150 valence electrons. The van der Waals surface area contributed by atoms with Gasteiger partial charge in [0.1, 0.15) is 5.75 Å². The molecule has 0 aliphatic carbocycles. The predicted molar refractivity (Wildman–Crippen MR) is 113 cm³/mol. The maximum atomic E-state index is 12.4. The second-order valence-electron chi connectivity index (χ2n) is 7.55. The highest BCUT2D eigenvalue weighted by Gasteiger charge is 2.16. The SMILES string of the molecule is Cc1ccc(C(C)C)c(OCC(=O)N(C)CC(=O)Nc2c(C)cccc2C)c1. The van der Waals surface area contributed by atoms with E-state index in [9.17, 15) is 9.59 Å². The zero-order valence-corrected chi connectivity index (χ0v) is 17.6. The molecule has 5 heteroatoms. The Balaban J connectivity index is 1.94. The van der Waals surface area contributed by atoms with Crippen molar-refractivity contribution in [3.8, 4) is 5.75 Å². The third-order valence-electron chi connectivity index (χ3n) is 4.69. The number of nitrogens with one attached hydrogen (secondary N) is 1. The number of hydrogen-bond donors (Lipinski definition) is 1. The van der Waals surface area contributed by atoms with Gasteiger partial charge in [0, 0.05) is 12.7 Å². The van der Waals surface area contributed by atoms with Gasteiger partial charge in [-0.05, 0) is 55.0 Å². The van der Waals surface area contributed by atoms with Gasteiger partial charge in [-0.3, -0.25) is 9.59 Å². The third-order valence-corrected chi connectivity index (χ3v) is 4.69. The van der Waals surface area contributed by atoms with Crippen LogP contribution in [0.2, 0.25) is 0 Å². The molecule has 0 spiro atoms. The highest BCUT2D eigenvalue weighted by Crippen LogP contribution is 2.27. The molecule has 1 N–H and O–H groups in total. The number of carbonyl (C=O) groups excluding carboxylic acids is 2. The number of benzene rings is 2. The first kappa shape index (κ1) is 21.5. The number of carbonyl (C=O) groups is 2. The van der Waals surface area contributed by atoms with Crippen LogP contribution in [-0.4, -0.2) is 36.9 Å². The molecule has 0 aromatic heterocycles. The quantitative estimate of drug-likeness (QED) is 0.780. The van der Waals surface area contributed by atoms with E-state index in [2.05, 4.69) is 19.2 Å². The minimum absolute atomic E-state index is 0.0270. The fraction of sp³-hybridized carbons (Fsp3) is 0.391. The molecule has 2 rings (SSSR count).